The molecule has 0 unspecified atom stereocenters. The van der Waals surface area contributed by atoms with Gasteiger partial charge in [-0.15, -0.1) is 5.10 Å². The molecule has 1 aromatic heterocycles. The van der Waals surface area contributed by atoms with Crippen LogP contribution in [0.5, 0.6) is 11.6 Å². The molecule has 0 saturated carbocycles. The van der Waals surface area contributed by atoms with Crippen molar-refractivity contribution in [2.45, 2.75) is 13.5 Å². The van der Waals surface area contributed by atoms with Gasteiger partial charge in [-0.2, -0.15) is 5.10 Å². The van der Waals surface area contributed by atoms with Crippen LogP contribution in [-0.4, -0.2) is 29.2 Å². The second kappa shape index (κ2) is 5.60. The monoisotopic (exact) mass is 243 g/mol. The summed E-state index contributed by atoms with van der Waals surface area (Å²) < 4.78 is 5.77. The summed E-state index contributed by atoms with van der Waals surface area (Å²) in [5, 5.41) is 7.99. The fourth-order valence-corrected chi connectivity index (χ4v) is 1.63. The van der Waals surface area contributed by atoms with Crippen molar-refractivity contribution in [2.75, 3.05) is 14.1 Å². The molecule has 0 radical (unpaired) electrons. The molecule has 4 nitrogen and oxygen atoms in total. The third-order valence-corrected chi connectivity index (χ3v) is 2.45. The number of aryl methyl sites for hydroxylation is 1. The van der Waals surface area contributed by atoms with Crippen LogP contribution in [0.3, 0.4) is 0 Å². The number of aromatic nitrogens is 2. The molecule has 0 fully saturated rings. The van der Waals surface area contributed by atoms with E-state index in [4.69, 9.17) is 4.74 Å². The van der Waals surface area contributed by atoms with Gasteiger partial charge in [0.1, 0.15) is 5.75 Å². The van der Waals surface area contributed by atoms with Gasteiger partial charge < -0.3 is 9.64 Å². The third kappa shape index (κ3) is 3.28. The van der Waals surface area contributed by atoms with Gasteiger partial charge in [0.15, 0.2) is 0 Å². The van der Waals surface area contributed by atoms with E-state index in [9.17, 15) is 0 Å². The second-order valence-electron chi connectivity index (χ2n) is 4.46. The molecule has 0 aliphatic heterocycles. The summed E-state index contributed by atoms with van der Waals surface area (Å²) in [6.45, 7) is 2.73. The lowest BCUT2D eigenvalue weighted by Gasteiger charge is -2.13. The first-order chi connectivity index (χ1) is 8.65. The Bertz CT molecular complexity index is 509. The molecule has 2 aromatic rings. The van der Waals surface area contributed by atoms with Crippen molar-refractivity contribution in [3.8, 4) is 11.6 Å². The lowest BCUT2D eigenvalue weighted by atomic mass is 10.2. The fraction of sp³-hybridized carbons (Fsp3) is 0.286. The fourth-order valence-electron chi connectivity index (χ4n) is 1.63. The number of para-hydroxylation sites is 1. The van der Waals surface area contributed by atoms with E-state index in [1.807, 2.05) is 51.4 Å². The van der Waals surface area contributed by atoms with Gasteiger partial charge in [0.25, 0.3) is 0 Å². The maximum Gasteiger partial charge on any atom is 0.238 e. The number of hydrogen-bond donors (Lipinski definition) is 0. The molecule has 0 atom stereocenters. The van der Waals surface area contributed by atoms with Gasteiger partial charge in [0, 0.05) is 18.2 Å². The number of hydrogen-bond acceptors (Lipinski definition) is 4. The predicted octanol–water partition coefficient (Wildman–Crippen LogP) is 2.64. The smallest absolute Gasteiger partial charge is 0.238 e. The predicted molar refractivity (Wildman–Crippen MR) is 70.7 cm³/mol. The summed E-state index contributed by atoms with van der Waals surface area (Å²) in [6.07, 6.45) is 0. The Morgan fingerprint density at radius 2 is 1.83 bits per heavy atom. The highest BCUT2D eigenvalue weighted by atomic mass is 16.5. The molecule has 2 rings (SSSR count). The van der Waals surface area contributed by atoms with Crippen molar-refractivity contribution in [2.24, 2.45) is 0 Å². The van der Waals surface area contributed by atoms with E-state index in [0.717, 1.165) is 23.6 Å². The van der Waals surface area contributed by atoms with Gasteiger partial charge in [-0.25, -0.2) is 0 Å². The van der Waals surface area contributed by atoms with Gasteiger partial charge >= 0.3 is 0 Å². The standard InChI is InChI=1S/C14H17N3O/c1-11-8-9-14(16-15-11)18-13-7-5-4-6-12(13)10-17(2)3/h4-9H,10H2,1-3H3. The van der Waals surface area contributed by atoms with Crippen LogP contribution in [0.15, 0.2) is 36.4 Å². The molecular weight excluding hydrogens is 226 g/mol. The average Bonchev–Trinajstić information content (AvgIpc) is 2.34. The zero-order valence-electron chi connectivity index (χ0n) is 10.9. The van der Waals surface area contributed by atoms with E-state index in [1.165, 1.54) is 0 Å². The summed E-state index contributed by atoms with van der Waals surface area (Å²) in [7, 11) is 4.06. The maximum atomic E-state index is 5.77. The third-order valence-electron chi connectivity index (χ3n) is 2.45. The van der Waals surface area contributed by atoms with Gasteiger partial charge in [0.05, 0.1) is 5.69 Å². The molecule has 4 heteroatoms. The minimum Gasteiger partial charge on any atom is -0.437 e. The summed E-state index contributed by atoms with van der Waals surface area (Å²) in [5.74, 6) is 1.34. The zero-order valence-corrected chi connectivity index (χ0v) is 10.9. The minimum atomic E-state index is 0.520. The van der Waals surface area contributed by atoms with Crippen LogP contribution in [0.4, 0.5) is 0 Å². The first-order valence-corrected chi connectivity index (χ1v) is 5.86. The summed E-state index contributed by atoms with van der Waals surface area (Å²) >= 11 is 0. The van der Waals surface area contributed by atoms with E-state index < -0.39 is 0 Å². The lowest BCUT2D eigenvalue weighted by molar-refractivity contribution is 0.384. The zero-order chi connectivity index (χ0) is 13.0. The van der Waals surface area contributed by atoms with Crippen LogP contribution in [0.1, 0.15) is 11.3 Å². The Morgan fingerprint density at radius 1 is 1.06 bits per heavy atom. The Kier molecular flexibility index (Phi) is 3.89. The highest BCUT2D eigenvalue weighted by Gasteiger charge is 2.06. The number of rotatable bonds is 4. The van der Waals surface area contributed by atoms with Crippen LogP contribution in [-0.2, 0) is 6.54 Å². The molecular formula is C14H17N3O. The molecule has 1 aromatic carbocycles. The van der Waals surface area contributed by atoms with Crippen molar-refractivity contribution in [1.29, 1.82) is 0 Å². The van der Waals surface area contributed by atoms with Gasteiger partial charge in [0.2, 0.25) is 5.88 Å². The topological polar surface area (TPSA) is 38.2 Å². The average molecular weight is 243 g/mol. The molecule has 0 spiro atoms. The van der Waals surface area contributed by atoms with Crippen LogP contribution in [0, 0.1) is 6.92 Å². The number of benzene rings is 1. The first kappa shape index (κ1) is 12.5. The van der Waals surface area contributed by atoms with Crippen molar-refractivity contribution in [1.82, 2.24) is 15.1 Å². The van der Waals surface area contributed by atoms with E-state index in [2.05, 4.69) is 21.2 Å². The Hall–Kier alpha value is -1.94. The Morgan fingerprint density at radius 3 is 2.50 bits per heavy atom. The molecule has 0 bridgehead atoms. The highest BCUT2D eigenvalue weighted by molar-refractivity contribution is 5.35. The SMILES string of the molecule is Cc1ccc(Oc2ccccc2CN(C)C)nn1. The van der Waals surface area contributed by atoms with Crippen LogP contribution in [0.25, 0.3) is 0 Å². The van der Waals surface area contributed by atoms with Gasteiger partial charge in [-0.05, 0) is 33.2 Å². The van der Waals surface area contributed by atoms with E-state index in [0.29, 0.717) is 5.88 Å². The van der Waals surface area contributed by atoms with Crippen molar-refractivity contribution < 1.29 is 4.74 Å². The number of ether oxygens (including phenoxy) is 1. The second-order valence-corrected chi connectivity index (χ2v) is 4.46. The van der Waals surface area contributed by atoms with Crippen LogP contribution in [0.2, 0.25) is 0 Å². The van der Waals surface area contributed by atoms with E-state index >= 15 is 0 Å². The lowest BCUT2D eigenvalue weighted by Crippen LogP contribution is -2.11. The van der Waals surface area contributed by atoms with Gasteiger partial charge in [-0.3, -0.25) is 0 Å². The van der Waals surface area contributed by atoms with E-state index in [-0.39, 0.29) is 0 Å². The Balaban J connectivity index is 2.20. The summed E-state index contributed by atoms with van der Waals surface area (Å²) in [4.78, 5) is 2.10. The quantitative estimate of drug-likeness (QED) is 0.827. The van der Waals surface area contributed by atoms with Crippen molar-refractivity contribution in [3.63, 3.8) is 0 Å². The van der Waals surface area contributed by atoms with Gasteiger partial charge in [-0.1, -0.05) is 18.2 Å². The molecule has 0 N–H and O–H groups in total. The molecule has 0 saturated heterocycles. The summed E-state index contributed by atoms with van der Waals surface area (Å²) in [6, 6.07) is 11.7. The van der Waals surface area contributed by atoms with Crippen molar-refractivity contribution >= 4 is 0 Å². The van der Waals surface area contributed by atoms with Crippen molar-refractivity contribution in [3.05, 3.63) is 47.7 Å². The number of nitrogens with zero attached hydrogens (tertiary/aromatic N) is 3. The molecule has 0 aliphatic rings. The first-order valence-electron chi connectivity index (χ1n) is 5.86. The van der Waals surface area contributed by atoms with E-state index in [1.54, 1.807) is 0 Å². The normalized spacial score (nSPS) is 10.7. The molecule has 18 heavy (non-hydrogen) atoms. The molecule has 0 amide bonds. The maximum absolute atomic E-state index is 5.77. The van der Waals surface area contributed by atoms with Crippen LogP contribution >= 0.6 is 0 Å². The molecule has 0 aliphatic carbocycles. The minimum absolute atomic E-state index is 0.520. The van der Waals surface area contributed by atoms with Crippen LogP contribution < -0.4 is 4.74 Å². The summed E-state index contributed by atoms with van der Waals surface area (Å²) in [5.41, 5.74) is 2.01. The molecule has 1 heterocycles. The largest absolute Gasteiger partial charge is 0.437 e. The molecule has 94 valence electrons. The highest BCUT2D eigenvalue weighted by Crippen LogP contribution is 2.24. The Labute approximate surface area is 107 Å².